The number of fused-ring (bicyclic) bond motifs is 1. The predicted octanol–water partition coefficient (Wildman–Crippen LogP) is 4.21. The van der Waals surface area contributed by atoms with Gasteiger partial charge in [-0.2, -0.15) is 0 Å². The van der Waals surface area contributed by atoms with Gasteiger partial charge in [-0.15, -0.1) is 0 Å². The Morgan fingerprint density at radius 1 is 1.03 bits per heavy atom. The van der Waals surface area contributed by atoms with E-state index >= 15 is 0 Å². The molecule has 168 valence electrons. The molecule has 1 saturated carbocycles. The number of likely N-dealkylation sites (tertiary alicyclic amines) is 1. The largest absolute Gasteiger partial charge is 0.335 e. The Morgan fingerprint density at radius 3 is 2.47 bits per heavy atom. The molecule has 0 bridgehead atoms. The number of carbonyl (C=O) groups excluding carboxylic acids is 3. The first kappa shape index (κ1) is 22.3. The van der Waals surface area contributed by atoms with Crippen LogP contribution >= 0.6 is 11.6 Å². The number of anilines is 1. The number of amides is 3. The molecule has 0 aromatic heterocycles. The second-order valence-electron chi connectivity index (χ2n) is 8.66. The number of hydrogen-bond donors (Lipinski definition) is 1. The Balaban J connectivity index is 1.49. The second kappa shape index (κ2) is 9.74. The van der Waals surface area contributed by atoms with Crippen LogP contribution in [0.4, 0.5) is 5.69 Å². The topological polar surface area (TPSA) is 69.7 Å². The first-order valence-corrected chi connectivity index (χ1v) is 11.5. The summed E-state index contributed by atoms with van der Waals surface area (Å²) in [5, 5.41) is 3.19. The molecule has 2 aliphatic rings. The van der Waals surface area contributed by atoms with Gasteiger partial charge in [0.1, 0.15) is 6.04 Å². The number of benzene rings is 2. The molecular formula is C25H28ClN3O3. The number of halogens is 1. The molecule has 4 rings (SSSR count). The molecule has 3 atom stereocenters. The molecule has 1 aliphatic carbocycles. The summed E-state index contributed by atoms with van der Waals surface area (Å²) >= 11 is 6.11. The fraction of sp³-hybridized carbons (Fsp3) is 0.400. The summed E-state index contributed by atoms with van der Waals surface area (Å²) in [7, 11) is 1.61. The molecule has 2 fully saturated rings. The Labute approximate surface area is 193 Å². The molecule has 7 heteroatoms. The van der Waals surface area contributed by atoms with Crippen LogP contribution in [0.25, 0.3) is 0 Å². The summed E-state index contributed by atoms with van der Waals surface area (Å²) in [4.78, 5) is 42.6. The molecule has 2 aromatic rings. The van der Waals surface area contributed by atoms with Gasteiger partial charge in [-0.3, -0.25) is 14.4 Å². The van der Waals surface area contributed by atoms with Gasteiger partial charge in [0.15, 0.2) is 0 Å². The zero-order valence-electron chi connectivity index (χ0n) is 18.2. The van der Waals surface area contributed by atoms with Gasteiger partial charge in [0, 0.05) is 18.7 Å². The van der Waals surface area contributed by atoms with Gasteiger partial charge < -0.3 is 15.1 Å². The van der Waals surface area contributed by atoms with Gasteiger partial charge in [-0.05, 0) is 49.4 Å². The lowest BCUT2D eigenvalue weighted by Gasteiger charge is -2.34. The molecule has 0 spiro atoms. The van der Waals surface area contributed by atoms with Crippen molar-refractivity contribution in [2.45, 2.75) is 44.2 Å². The summed E-state index contributed by atoms with van der Waals surface area (Å²) in [6.45, 7) is -0.108. The average Bonchev–Trinajstić information content (AvgIpc) is 3.19. The maximum absolute atomic E-state index is 13.4. The third kappa shape index (κ3) is 4.65. The summed E-state index contributed by atoms with van der Waals surface area (Å²) < 4.78 is 0. The highest BCUT2D eigenvalue weighted by Crippen LogP contribution is 2.41. The zero-order chi connectivity index (χ0) is 22.7. The molecule has 6 nitrogen and oxygen atoms in total. The van der Waals surface area contributed by atoms with Crippen molar-refractivity contribution in [3.63, 3.8) is 0 Å². The quantitative estimate of drug-likeness (QED) is 0.737. The van der Waals surface area contributed by atoms with E-state index in [4.69, 9.17) is 11.6 Å². The molecule has 0 radical (unpaired) electrons. The fourth-order valence-corrected chi connectivity index (χ4v) is 5.19. The van der Waals surface area contributed by atoms with E-state index in [0.29, 0.717) is 28.6 Å². The third-order valence-electron chi connectivity index (χ3n) is 6.53. The number of nitrogens with one attached hydrogen (secondary N) is 1. The highest BCUT2D eigenvalue weighted by atomic mass is 35.5. The Kier molecular flexibility index (Phi) is 6.80. The maximum atomic E-state index is 13.4. The van der Waals surface area contributed by atoms with Gasteiger partial charge in [0.05, 0.1) is 17.3 Å². The Morgan fingerprint density at radius 2 is 1.72 bits per heavy atom. The Bertz CT molecular complexity index is 997. The van der Waals surface area contributed by atoms with Crippen molar-refractivity contribution in [3.8, 4) is 0 Å². The normalized spacial score (nSPS) is 22.2. The number of carbonyl (C=O) groups is 3. The molecule has 32 heavy (non-hydrogen) atoms. The number of para-hydroxylation sites is 1. The van der Waals surface area contributed by atoms with Crippen LogP contribution in [0, 0.1) is 5.92 Å². The summed E-state index contributed by atoms with van der Waals surface area (Å²) in [5.74, 6) is -0.300. The number of hydrogen-bond acceptors (Lipinski definition) is 3. The minimum Gasteiger partial charge on any atom is -0.335 e. The van der Waals surface area contributed by atoms with Crippen molar-refractivity contribution >= 4 is 35.0 Å². The van der Waals surface area contributed by atoms with Crippen molar-refractivity contribution in [2.24, 2.45) is 5.92 Å². The smallest absolute Gasteiger partial charge is 0.254 e. The Hall–Kier alpha value is -2.86. The van der Waals surface area contributed by atoms with E-state index in [1.54, 1.807) is 48.3 Å². The van der Waals surface area contributed by atoms with Crippen molar-refractivity contribution < 1.29 is 14.4 Å². The minimum atomic E-state index is -0.547. The lowest BCUT2D eigenvalue weighted by Crippen LogP contribution is -2.51. The zero-order valence-corrected chi connectivity index (χ0v) is 18.9. The molecule has 1 saturated heterocycles. The van der Waals surface area contributed by atoms with Gasteiger partial charge in [-0.25, -0.2) is 0 Å². The predicted molar refractivity (Wildman–Crippen MR) is 124 cm³/mol. The standard InChI is InChI=1S/C25H28ClN3O3/c1-28(16-23(30)27-20-13-7-6-12-19(20)26)25(32)22-15-18-11-5-8-14-21(18)29(22)24(31)17-9-3-2-4-10-17/h2-4,6-7,9-10,12-13,18,21-22H,5,8,11,14-16H2,1H3,(H,27,30). The van der Waals surface area contributed by atoms with Crippen LogP contribution in [-0.4, -0.2) is 53.2 Å². The SMILES string of the molecule is CN(CC(=O)Nc1ccccc1Cl)C(=O)C1CC2CCCCC2N1C(=O)c1ccccc1. The first-order chi connectivity index (χ1) is 15.5. The van der Waals surface area contributed by atoms with E-state index in [-0.39, 0.29) is 30.3 Å². The van der Waals surface area contributed by atoms with E-state index in [1.807, 2.05) is 18.2 Å². The molecule has 3 unspecified atom stereocenters. The van der Waals surface area contributed by atoms with E-state index in [1.165, 1.54) is 4.90 Å². The van der Waals surface area contributed by atoms with E-state index in [0.717, 1.165) is 25.7 Å². The number of likely N-dealkylation sites (N-methyl/N-ethyl adjacent to an activating group) is 1. The van der Waals surface area contributed by atoms with Crippen molar-refractivity contribution in [2.75, 3.05) is 18.9 Å². The van der Waals surface area contributed by atoms with Gasteiger partial charge in [0.25, 0.3) is 5.91 Å². The maximum Gasteiger partial charge on any atom is 0.254 e. The first-order valence-electron chi connectivity index (χ1n) is 11.1. The van der Waals surface area contributed by atoms with Gasteiger partial charge in [0.2, 0.25) is 11.8 Å². The van der Waals surface area contributed by atoms with Crippen molar-refractivity contribution in [1.82, 2.24) is 9.80 Å². The second-order valence-corrected chi connectivity index (χ2v) is 9.07. The molecule has 1 N–H and O–H groups in total. The average molecular weight is 454 g/mol. The molecule has 1 aliphatic heterocycles. The lowest BCUT2D eigenvalue weighted by molar-refractivity contribution is -0.137. The van der Waals surface area contributed by atoms with Crippen LogP contribution in [0.1, 0.15) is 42.5 Å². The van der Waals surface area contributed by atoms with Crippen LogP contribution in [0.2, 0.25) is 5.02 Å². The molecule has 3 amide bonds. The highest BCUT2D eigenvalue weighted by Gasteiger charge is 2.48. The van der Waals surface area contributed by atoms with Crippen LogP contribution < -0.4 is 5.32 Å². The van der Waals surface area contributed by atoms with Crippen molar-refractivity contribution in [3.05, 3.63) is 65.2 Å². The molecular weight excluding hydrogens is 426 g/mol. The third-order valence-corrected chi connectivity index (χ3v) is 6.86. The minimum absolute atomic E-state index is 0.0794. The summed E-state index contributed by atoms with van der Waals surface area (Å²) in [6.07, 6.45) is 4.80. The number of nitrogens with zero attached hydrogens (tertiary/aromatic N) is 2. The monoisotopic (exact) mass is 453 g/mol. The molecule has 1 heterocycles. The van der Waals surface area contributed by atoms with Gasteiger partial charge in [-0.1, -0.05) is 54.8 Å². The van der Waals surface area contributed by atoms with E-state index in [2.05, 4.69) is 5.32 Å². The van der Waals surface area contributed by atoms with Gasteiger partial charge >= 0.3 is 0 Å². The van der Waals surface area contributed by atoms with E-state index in [9.17, 15) is 14.4 Å². The van der Waals surface area contributed by atoms with Crippen LogP contribution in [0.15, 0.2) is 54.6 Å². The lowest BCUT2D eigenvalue weighted by atomic mass is 9.84. The summed E-state index contributed by atoms with van der Waals surface area (Å²) in [5.41, 5.74) is 1.10. The van der Waals surface area contributed by atoms with Crippen molar-refractivity contribution in [1.29, 1.82) is 0 Å². The molecule has 2 aromatic carbocycles. The van der Waals surface area contributed by atoms with Crippen LogP contribution in [0.3, 0.4) is 0 Å². The highest BCUT2D eigenvalue weighted by molar-refractivity contribution is 6.33. The van der Waals surface area contributed by atoms with Crippen LogP contribution in [0.5, 0.6) is 0 Å². The number of rotatable bonds is 5. The van der Waals surface area contributed by atoms with E-state index < -0.39 is 6.04 Å². The fourth-order valence-electron chi connectivity index (χ4n) is 5.00. The van der Waals surface area contributed by atoms with Crippen LogP contribution in [-0.2, 0) is 9.59 Å². The summed E-state index contributed by atoms with van der Waals surface area (Å²) in [6, 6.07) is 15.6.